The van der Waals surface area contributed by atoms with Crippen LogP contribution in [-0.4, -0.2) is 0 Å². The third-order valence-electron chi connectivity index (χ3n) is 8.07. The number of hydrogen-bond donors (Lipinski definition) is 0. The molecule has 0 spiro atoms. The standard InChI is InChI=1S/C18H30.C3H8.2C2H6/c1-5-18(3,4)15-9-12-8-14(15)17-13-7-11(16(12)17)6-10(13)2;1-3-2;2*1-2/h10-17H,5-9H2,1-4H3;3H2,1-2H3;2*1-2H3. The largest absolute Gasteiger partial charge is 0.0683 e. The van der Waals surface area contributed by atoms with Gasteiger partial charge in [-0.15, -0.1) is 0 Å². The van der Waals surface area contributed by atoms with Crippen LogP contribution in [0.3, 0.4) is 0 Å². The summed E-state index contributed by atoms with van der Waals surface area (Å²) in [7, 11) is 0. The average molecular weight is 351 g/mol. The second kappa shape index (κ2) is 9.80. The predicted octanol–water partition coefficient (Wildman–Crippen LogP) is 8.46. The third kappa shape index (κ3) is 4.14. The van der Waals surface area contributed by atoms with Crippen LogP contribution >= 0.6 is 0 Å². The van der Waals surface area contributed by atoms with E-state index in [1.165, 1.54) is 18.8 Å². The van der Waals surface area contributed by atoms with E-state index >= 15 is 0 Å². The summed E-state index contributed by atoms with van der Waals surface area (Å²) in [4.78, 5) is 0. The van der Waals surface area contributed by atoms with Crippen molar-refractivity contribution in [3.8, 4) is 0 Å². The molecular weight excluding hydrogens is 300 g/mol. The molecule has 4 rings (SSSR count). The lowest BCUT2D eigenvalue weighted by atomic mass is 9.59. The SMILES string of the molecule is CC.CC.CCC.CCC(C)(C)C1CC2CC1C1C3CC(CC3C)C21. The molecule has 150 valence electrons. The number of fused-ring (bicyclic) bond motifs is 9. The number of hydrogen-bond acceptors (Lipinski definition) is 0. The molecule has 4 saturated carbocycles. The molecule has 8 unspecified atom stereocenters. The Bertz CT molecular complexity index is 368. The van der Waals surface area contributed by atoms with E-state index in [1.54, 1.807) is 25.7 Å². The van der Waals surface area contributed by atoms with Gasteiger partial charge >= 0.3 is 0 Å². The Kier molecular flexibility index (Phi) is 9.03. The van der Waals surface area contributed by atoms with Gasteiger partial charge in [0.2, 0.25) is 0 Å². The Morgan fingerprint density at radius 3 is 1.72 bits per heavy atom. The van der Waals surface area contributed by atoms with Crippen molar-refractivity contribution in [2.75, 3.05) is 0 Å². The van der Waals surface area contributed by atoms with Crippen LogP contribution in [0.4, 0.5) is 0 Å². The van der Waals surface area contributed by atoms with Crippen molar-refractivity contribution in [3.63, 3.8) is 0 Å². The molecular formula is C25H50. The molecule has 0 saturated heterocycles. The van der Waals surface area contributed by atoms with Gasteiger partial charge in [-0.1, -0.05) is 82.1 Å². The van der Waals surface area contributed by atoms with Crippen molar-refractivity contribution < 1.29 is 0 Å². The second-order valence-electron chi connectivity index (χ2n) is 9.58. The molecule has 4 fully saturated rings. The van der Waals surface area contributed by atoms with E-state index < -0.39 is 0 Å². The zero-order chi connectivity index (χ0) is 19.4. The molecule has 0 aliphatic heterocycles. The van der Waals surface area contributed by atoms with Crippen LogP contribution in [0.15, 0.2) is 0 Å². The van der Waals surface area contributed by atoms with Crippen LogP contribution in [0.5, 0.6) is 0 Å². The van der Waals surface area contributed by atoms with Gasteiger partial charge < -0.3 is 0 Å². The summed E-state index contributed by atoms with van der Waals surface area (Å²) in [5, 5.41) is 0. The van der Waals surface area contributed by atoms with E-state index in [4.69, 9.17) is 0 Å². The minimum absolute atomic E-state index is 0.607. The van der Waals surface area contributed by atoms with E-state index in [9.17, 15) is 0 Å². The van der Waals surface area contributed by atoms with E-state index in [2.05, 4.69) is 41.5 Å². The van der Waals surface area contributed by atoms with Crippen molar-refractivity contribution >= 4 is 0 Å². The molecule has 0 aromatic carbocycles. The maximum atomic E-state index is 2.55. The smallest absolute Gasteiger partial charge is 0.0318 e. The maximum absolute atomic E-state index is 2.55. The highest BCUT2D eigenvalue weighted by molar-refractivity contribution is 5.13. The highest BCUT2D eigenvalue weighted by atomic mass is 14.7. The van der Waals surface area contributed by atoms with Crippen molar-refractivity contribution in [1.29, 1.82) is 0 Å². The Labute approximate surface area is 160 Å². The highest BCUT2D eigenvalue weighted by Gasteiger charge is 2.65. The first-order chi connectivity index (χ1) is 11.9. The topological polar surface area (TPSA) is 0 Å². The lowest BCUT2D eigenvalue weighted by Crippen LogP contribution is -2.40. The van der Waals surface area contributed by atoms with Crippen LogP contribution in [0.25, 0.3) is 0 Å². The molecule has 8 atom stereocenters. The molecule has 0 heterocycles. The van der Waals surface area contributed by atoms with Gasteiger partial charge in [-0.2, -0.15) is 0 Å². The molecule has 4 aliphatic rings. The fraction of sp³-hybridized carbons (Fsp3) is 1.00. The Balaban J connectivity index is 0.000000397. The fourth-order valence-electron chi connectivity index (χ4n) is 7.09. The first-order valence-corrected chi connectivity index (χ1v) is 11.9. The van der Waals surface area contributed by atoms with Gasteiger partial charge in [-0.25, -0.2) is 0 Å². The fourth-order valence-corrected chi connectivity index (χ4v) is 7.09. The Hall–Kier alpha value is 0. The van der Waals surface area contributed by atoms with E-state index in [0.717, 1.165) is 41.4 Å². The molecule has 25 heavy (non-hydrogen) atoms. The van der Waals surface area contributed by atoms with E-state index in [1.807, 2.05) is 27.7 Å². The Morgan fingerprint density at radius 1 is 0.720 bits per heavy atom. The van der Waals surface area contributed by atoms with Crippen molar-refractivity contribution in [2.45, 2.75) is 108 Å². The lowest BCUT2D eigenvalue weighted by Gasteiger charge is -2.46. The van der Waals surface area contributed by atoms with Gasteiger partial charge in [-0.3, -0.25) is 0 Å². The zero-order valence-electron chi connectivity index (χ0n) is 19.4. The van der Waals surface area contributed by atoms with Crippen molar-refractivity contribution in [1.82, 2.24) is 0 Å². The minimum Gasteiger partial charge on any atom is -0.0683 e. The summed E-state index contributed by atoms with van der Waals surface area (Å²) < 4.78 is 0. The number of rotatable bonds is 2. The van der Waals surface area contributed by atoms with Gasteiger partial charge in [0.1, 0.15) is 0 Å². The molecule has 0 radical (unpaired) electrons. The first-order valence-electron chi connectivity index (χ1n) is 11.9. The Morgan fingerprint density at radius 2 is 1.20 bits per heavy atom. The summed E-state index contributed by atoms with van der Waals surface area (Å²) in [5.41, 5.74) is 0.607. The van der Waals surface area contributed by atoms with Crippen LogP contribution in [0.2, 0.25) is 0 Å². The first kappa shape index (κ1) is 23.0. The molecule has 0 amide bonds. The predicted molar refractivity (Wildman–Crippen MR) is 115 cm³/mol. The van der Waals surface area contributed by atoms with E-state index in [-0.39, 0.29) is 0 Å². The van der Waals surface area contributed by atoms with Crippen LogP contribution < -0.4 is 0 Å². The van der Waals surface area contributed by atoms with Crippen LogP contribution in [0, 0.1) is 52.8 Å². The average Bonchev–Trinajstić information content (AvgIpc) is 3.37. The molecule has 0 N–H and O–H groups in total. The second-order valence-corrected chi connectivity index (χ2v) is 9.58. The van der Waals surface area contributed by atoms with Gasteiger partial charge in [0, 0.05) is 0 Å². The molecule has 0 heteroatoms. The normalized spacial score (nSPS) is 42.5. The summed E-state index contributed by atoms with van der Waals surface area (Å²) >= 11 is 0. The minimum atomic E-state index is 0.607. The lowest BCUT2D eigenvalue weighted by molar-refractivity contribution is 0.0252. The van der Waals surface area contributed by atoms with Crippen molar-refractivity contribution in [3.05, 3.63) is 0 Å². The van der Waals surface area contributed by atoms with Crippen LogP contribution in [0.1, 0.15) is 108 Å². The van der Waals surface area contributed by atoms with Crippen molar-refractivity contribution in [2.24, 2.45) is 52.8 Å². The van der Waals surface area contributed by atoms with Gasteiger partial charge in [0.25, 0.3) is 0 Å². The summed E-state index contributed by atoms with van der Waals surface area (Å²) in [6.07, 6.45) is 9.02. The highest BCUT2D eigenvalue weighted by Crippen LogP contribution is 2.71. The quantitative estimate of drug-likeness (QED) is 0.438. The summed E-state index contributed by atoms with van der Waals surface area (Å²) in [6.45, 7) is 22.3. The van der Waals surface area contributed by atoms with Gasteiger partial charge in [-0.05, 0) is 78.4 Å². The molecule has 0 nitrogen and oxygen atoms in total. The third-order valence-corrected chi connectivity index (χ3v) is 8.07. The summed E-state index contributed by atoms with van der Waals surface area (Å²) in [6, 6.07) is 0. The maximum Gasteiger partial charge on any atom is -0.0318 e. The van der Waals surface area contributed by atoms with E-state index in [0.29, 0.717) is 5.41 Å². The molecule has 0 aromatic rings. The van der Waals surface area contributed by atoms with Crippen LogP contribution in [-0.2, 0) is 0 Å². The molecule has 4 aliphatic carbocycles. The molecule has 4 bridgehead atoms. The van der Waals surface area contributed by atoms with Gasteiger partial charge in [0.15, 0.2) is 0 Å². The van der Waals surface area contributed by atoms with Gasteiger partial charge in [0.05, 0.1) is 0 Å². The monoisotopic (exact) mass is 350 g/mol. The molecule has 0 aromatic heterocycles. The zero-order valence-corrected chi connectivity index (χ0v) is 19.4. The summed E-state index contributed by atoms with van der Waals surface area (Å²) in [5.74, 6) is 8.99.